The van der Waals surface area contributed by atoms with Crippen LogP contribution in [0, 0.1) is 0 Å². The summed E-state index contributed by atoms with van der Waals surface area (Å²) in [6, 6.07) is 4.08. The van der Waals surface area contributed by atoms with Gasteiger partial charge in [0.1, 0.15) is 23.2 Å². The zero-order chi connectivity index (χ0) is 29.0. The number of nitrogens with one attached hydrogen (secondary N) is 3. The molecule has 40 heavy (non-hydrogen) atoms. The summed E-state index contributed by atoms with van der Waals surface area (Å²) in [6.45, 7) is 1.51. The number of thioether (sulfide) groups is 2. The number of carboxylic acid groups (broad SMARTS) is 1. The fourth-order valence-corrected chi connectivity index (χ4v) is 8.46. The van der Waals surface area contributed by atoms with E-state index in [0.717, 1.165) is 16.7 Å². The number of nitrogens with zero attached hydrogens (tertiary/aromatic N) is 4. The minimum absolute atomic E-state index is 0.0388. The number of β-lactam (4-membered cyclic amide) rings is 1. The molecule has 2 aromatic rings. The summed E-state index contributed by atoms with van der Waals surface area (Å²) in [7, 11) is -4.14. The number of rotatable bonds is 13. The number of tetrazole rings is 1. The number of aromatic nitrogens is 4. The van der Waals surface area contributed by atoms with E-state index < -0.39 is 54.2 Å². The lowest BCUT2D eigenvalue weighted by Crippen LogP contribution is -2.71. The van der Waals surface area contributed by atoms with Crippen molar-refractivity contribution in [3.63, 3.8) is 0 Å². The van der Waals surface area contributed by atoms with E-state index in [2.05, 4.69) is 31.3 Å². The van der Waals surface area contributed by atoms with Crippen LogP contribution >= 0.6 is 31.1 Å². The van der Waals surface area contributed by atoms with Crippen LogP contribution in [-0.2, 0) is 28.3 Å². The number of hydrogen-bond acceptors (Lipinski definition) is 12. The number of fused-ring (bicyclic) bond motifs is 1. The van der Waals surface area contributed by atoms with E-state index in [-0.39, 0.29) is 28.8 Å². The Bertz CT molecular complexity index is 1360. The lowest BCUT2D eigenvalue weighted by Gasteiger charge is -2.50. The molecular formula is C21H25N8O8PS2. The molecular weight excluding hydrogens is 587 g/mol. The Hall–Kier alpha value is -3.28. The normalized spacial score (nSPS) is 21.5. The van der Waals surface area contributed by atoms with Crippen LogP contribution in [0.4, 0.5) is 5.69 Å². The summed E-state index contributed by atoms with van der Waals surface area (Å²) in [5, 5.41) is 26.9. The molecule has 214 valence electrons. The number of aromatic amines is 1. The minimum atomic E-state index is -4.14. The first-order valence-corrected chi connectivity index (χ1v) is 15.4. The molecule has 7 N–H and O–H groups in total. The predicted octanol–water partition coefficient (Wildman–Crippen LogP) is -0.111. The van der Waals surface area contributed by atoms with Gasteiger partial charge in [0.2, 0.25) is 17.5 Å². The number of carboxylic acids is 1. The number of H-pyrrole nitrogens is 1. The van der Waals surface area contributed by atoms with Crippen molar-refractivity contribution in [2.45, 2.75) is 34.8 Å². The van der Waals surface area contributed by atoms with Crippen LogP contribution in [-0.4, -0.2) is 94.9 Å². The molecule has 1 fully saturated rings. The van der Waals surface area contributed by atoms with Gasteiger partial charge in [0, 0.05) is 16.7 Å². The third-order valence-electron chi connectivity index (χ3n) is 5.97. The summed E-state index contributed by atoms with van der Waals surface area (Å²) in [4.78, 5) is 60.3. The molecule has 16 nitrogen and oxygen atoms in total. The fraction of sp³-hybridized carbons (Fsp3) is 0.381. The summed E-state index contributed by atoms with van der Waals surface area (Å²) >= 11 is 2.10. The van der Waals surface area contributed by atoms with Gasteiger partial charge in [-0.05, 0) is 35.4 Å². The second kappa shape index (κ2) is 12.5. The van der Waals surface area contributed by atoms with Crippen molar-refractivity contribution >= 4 is 61.0 Å². The highest BCUT2D eigenvalue weighted by Crippen LogP contribution is 2.50. The Morgan fingerprint density at radius 1 is 1.40 bits per heavy atom. The predicted molar refractivity (Wildman–Crippen MR) is 143 cm³/mol. The van der Waals surface area contributed by atoms with Crippen molar-refractivity contribution < 1.29 is 38.3 Å². The summed E-state index contributed by atoms with van der Waals surface area (Å²) in [5.74, 6) is -2.66. The topological polar surface area (TPSA) is 243 Å². The largest absolute Gasteiger partial charge is 0.477 e. The Morgan fingerprint density at radius 2 is 2.12 bits per heavy atom. The number of carbonyl (C=O) groups is 4. The number of nitrogens with two attached hydrogens (primary N) is 1. The van der Waals surface area contributed by atoms with E-state index in [9.17, 15) is 33.7 Å². The molecule has 3 amide bonds. The minimum Gasteiger partial charge on any atom is -0.477 e. The van der Waals surface area contributed by atoms with E-state index in [1.165, 1.54) is 11.8 Å². The highest BCUT2D eigenvalue weighted by Gasteiger charge is 2.55. The molecule has 2 aliphatic rings. The van der Waals surface area contributed by atoms with E-state index in [4.69, 9.17) is 10.3 Å². The maximum absolute atomic E-state index is 13.1. The average Bonchev–Trinajstić information content (AvgIpc) is 3.43. The number of aliphatic carboxylic acids is 1. The average molecular weight is 613 g/mol. The highest BCUT2D eigenvalue weighted by molar-refractivity contribution is 8.01. The van der Waals surface area contributed by atoms with Gasteiger partial charge in [-0.2, -0.15) is 5.21 Å². The first kappa shape index (κ1) is 29.7. The lowest BCUT2D eigenvalue weighted by molar-refractivity contribution is -0.150. The molecule has 4 rings (SSSR count). The lowest BCUT2D eigenvalue weighted by atomic mass is 10.00. The molecule has 0 spiro atoms. The van der Waals surface area contributed by atoms with Gasteiger partial charge in [0.05, 0.1) is 12.8 Å². The fourth-order valence-electron chi connectivity index (χ4n) is 4.15. The Kier molecular flexibility index (Phi) is 9.27. The molecule has 0 bridgehead atoms. The van der Waals surface area contributed by atoms with Crippen LogP contribution in [0.3, 0.4) is 0 Å². The Labute approximate surface area is 235 Å². The number of amides is 3. The van der Waals surface area contributed by atoms with Crippen molar-refractivity contribution in [2.24, 2.45) is 5.73 Å². The monoisotopic (exact) mass is 612 g/mol. The summed E-state index contributed by atoms with van der Waals surface area (Å²) < 4.78 is 17.6. The van der Waals surface area contributed by atoms with Crippen LogP contribution in [0.25, 0.3) is 0 Å². The molecule has 5 atom stereocenters. The van der Waals surface area contributed by atoms with Crippen LogP contribution in [0.2, 0.25) is 0 Å². The van der Waals surface area contributed by atoms with Crippen molar-refractivity contribution in [1.82, 2.24) is 30.8 Å². The van der Waals surface area contributed by atoms with E-state index in [1.54, 1.807) is 31.2 Å². The SMILES string of the molecule is CCOP(=O)(O)CC(Sc1nn[nH]n1)C1=C(C(=O)O)N2C(=O)[C@@H](NC(=O)C(N)c3ccc(NC=O)cc3)[C@@H]2SC1. The standard InChI is InChI=1S/C21H25N8O8PS2/c1-2-37-38(35,36)7-13(40-21-25-27-28-26-21)12-8-39-19-15(18(32)29(19)16(12)20(33)34)24-17(31)14(22)10-3-5-11(6-4-10)23-9-30/h3-6,9,13-15,19H,2,7-8,22H2,1H3,(H,23,30)(H,24,31)(H,33,34)(H,35,36)(H,25,26,27,28)/t13?,14?,15-,19+/m1/s1. The van der Waals surface area contributed by atoms with Gasteiger partial charge in [0.15, 0.2) is 0 Å². The van der Waals surface area contributed by atoms with Gasteiger partial charge in [-0.15, -0.1) is 22.0 Å². The van der Waals surface area contributed by atoms with Crippen molar-refractivity contribution in [3.05, 3.63) is 41.1 Å². The zero-order valence-corrected chi connectivity index (χ0v) is 23.3. The van der Waals surface area contributed by atoms with Crippen molar-refractivity contribution in [2.75, 3.05) is 23.8 Å². The van der Waals surface area contributed by atoms with Crippen LogP contribution in [0.15, 0.2) is 40.7 Å². The smallest absolute Gasteiger partial charge is 0.352 e. The van der Waals surface area contributed by atoms with Gasteiger partial charge in [0.25, 0.3) is 5.91 Å². The highest BCUT2D eigenvalue weighted by atomic mass is 32.2. The second-order valence-corrected chi connectivity index (χ2v) is 12.6. The molecule has 19 heteroatoms. The maximum atomic E-state index is 13.1. The zero-order valence-electron chi connectivity index (χ0n) is 20.8. The van der Waals surface area contributed by atoms with Gasteiger partial charge in [-0.25, -0.2) is 4.79 Å². The van der Waals surface area contributed by atoms with Crippen LogP contribution in [0.5, 0.6) is 0 Å². The van der Waals surface area contributed by atoms with E-state index in [1.807, 2.05) is 0 Å². The van der Waals surface area contributed by atoms with Crippen molar-refractivity contribution in [1.29, 1.82) is 0 Å². The van der Waals surface area contributed by atoms with Gasteiger partial charge in [-0.1, -0.05) is 23.9 Å². The van der Waals surface area contributed by atoms with Gasteiger partial charge < -0.3 is 30.9 Å². The number of benzene rings is 1. The summed E-state index contributed by atoms with van der Waals surface area (Å²) in [6.07, 6.45) is 0.0475. The maximum Gasteiger partial charge on any atom is 0.352 e. The Morgan fingerprint density at radius 3 is 2.73 bits per heavy atom. The number of hydrogen-bond donors (Lipinski definition) is 6. The first-order valence-electron chi connectivity index (χ1n) is 11.7. The second-order valence-electron chi connectivity index (χ2n) is 8.48. The molecule has 0 saturated carbocycles. The molecule has 1 aromatic heterocycles. The quantitative estimate of drug-likeness (QED) is 0.0748. The molecule has 0 aliphatic carbocycles. The first-order chi connectivity index (χ1) is 19.1. The molecule has 0 radical (unpaired) electrons. The third-order valence-corrected chi connectivity index (χ3v) is 10.1. The molecule has 1 saturated heterocycles. The van der Waals surface area contributed by atoms with Crippen LogP contribution in [0.1, 0.15) is 18.5 Å². The number of anilines is 1. The van der Waals surface area contributed by atoms with E-state index >= 15 is 0 Å². The molecule has 3 heterocycles. The molecule has 3 unspecified atom stereocenters. The molecule has 1 aromatic carbocycles. The third kappa shape index (κ3) is 6.37. The van der Waals surface area contributed by atoms with E-state index in [0.29, 0.717) is 17.7 Å². The Balaban J connectivity index is 1.54. The van der Waals surface area contributed by atoms with Crippen LogP contribution < -0.4 is 16.4 Å². The number of carbonyl (C=O) groups excluding carboxylic acids is 3. The summed E-state index contributed by atoms with van der Waals surface area (Å²) in [5.41, 5.74) is 6.87. The van der Waals surface area contributed by atoms with Gasteiger partial charge in [-0.3, -0.25) is 23.8 Å². The van der Waals surface area contributed by atoms with Gasteiger partial charge >= 0.3 is 13.6 Å². The molecule has 2 aliphatic heterocycles. The van der Waals surface area contributed by atoms with Crippen molar-refractivity contribution in [3.8, 4) is 0 Å².